The molecule has 0 aliphatic heterocycles. The van der Waals surface area contributed by atoms with Crippen molar-refractivity contribution in [1.82, 2.24) is 4.98 Å². The number of nitrogens with zero attached hydrogens (tertiary/aromatic N) is 1. The highest BCUT2D eigenvalue weighted by molar-refractivity contribution is 7.19. The Morgan fingerprint density at radius 3 is 2.41 bits per heavy atom. The van der Waals surface area contributed by atoms with Gasteiger partial charge in [-0.1, -0.05) is 41.7 Å². The summed E-state index contributed by atoms with van der Waals surface area (Å²) in [5.74, 6) is -0.646. The molecule has 0 bridgehead atoms. The highest BCUT2D eigenvalue weighted by atomic mass is 32.1. The van der Waals surface area contributed by atoms with Crippen LogP contribution in [0.5, 0.6) is 0 Å². The number of nitrogens with one attached hydrogen (secondary N) is 1. The molecular weight excluding hydrogens is 302 g/mol. The number of thiazole rings is 1. The van der Waals surface area contributed by atoms with Crippen molar-refractivity contribution in [1.29, 1.82) is 0 Å². The fourth-order valence-corrected chi connectivity index (χ4v) is 2.68. The van der Waals surface area contributed by atoms with Crippen molar-refractivity contribution in [2.75, 3.05) is 5.32 Å². The molecule has 0 fully saturated rings. The van der Waals surface area contributed by atoms with Gasteiger partial charge in [-0.3, -0.25) is 10.1 Å². The van der Waals surface area contributed by atoms with Crippen molar-refractivity contribution < 1.29 is 14.3 Å². The third kappa shape index (κ3) is 4.05. The average Bonchev–Trinajstić information content (AvgIpc) is 2.81. The summed E-state index contributed by atoms with van der Waals surface area (Å²) in [7, 11) is 0. The third-order valence-electron chi connectivity index (χ3n) is 2.50. The van der Waals surface area contributed by atoms with Crippen molar-refractivity contribution in [2.24, 2.45) is 5.73 Å². The van der Waals surface area contributed by atoms with E-state index in [1.165, 1.54) is 11.3 Å². The molecule has 7 heteroatoms. The van der Waals surface area contributed by atoms with Gasteiger partial charge in [0, 0.05) is 0 Å². The van der Waals surface area contributed by atoms with Gasteiger partial charge >= 0.3 is 6.09 Å². The van der Waals surface area contributed by atoms with Crippen LogP contribution >= 0.6 is 11.3 Å². The molecule has 22 heavy (non-hydrogen) atoms. The molecule has 0 unspecified atom stereocenters. The van der Waals surface area contributed by atoms with Crippen LogP contribution in [-0.4, -0.2) is 22.6 Å². The molecule has 0 atom stereocenters. The van der Waals surface area contributed by atoms with E-state index in [9.17, 15) is 9.59 Å². The molecular formula is C15H17N3O3S. The number of hydrogen-bond acceptors (Lipinski definition) is 5. The van der Waals surface area contributed by atoms with Crippen molar-refractivity contribution in [3.8, 4) is 10.4 Å². The summed E-state index contributed by atoms with van der Waals surface area (Å²) in [5.41, 5.74) is 5.68. The Kier molecular flexibility index (Phi) is 4.46. The molecule has 1 heterocycles. The lowest BCUT2D eigenvalue weighted by Crippen LogP contribution is -2.27. The minimum Gasteiger partial charge on any atom is -0.444 e. The smallest absolute Gasteiger partial charge is 0.413 e. The van der Waals surface area contributed by atoms with Gasteiger partial charge in [0.1, 0.15) is 11.3 Å². The second-order valence-corrected chi connectivity index (χ2v) is 6.55. The van der Waals surface area contributed by atoms with Crippen molar-refractivity contribution in [2.45, 2.75) is 26.4 Å². The van der Waals surface area contributed by atoms with Crippen LogP contribution in [0.2, 0.25) is 0 Å². The van der Waals surface area contributed by atoms with Crippen LogP contribution in [0.25, 0.3) is 10.4 Å². The molecule has 0 saturated heterocycles. The van der Waals surface area contributed by atoms with Crippen molar-refractivity contribution >= 4 is 28.5 Å². The lowest BCUT2D eigenvalue weighted by molar-refractivity contribution is 0.0635. The van der Waals surface area contributed by atoms with E-state index in [0.717, 1.165) is 5.56 Å². The quantitative estimate of drug-likeness (QED) is 0.908. The molecule has 0 saturated carbocycles. The number of carbonyl (C=O) groups is 2. The van der Waals surface area contributed by atoms with Gasteiger partial charge in [0.2, 0.25) is 0 Å². The largest absolute Gasteiger partial charge is 0.444 e. The monoisotopic (exact) mass is 319 g/mol. The number of rotatable bonds is 3. The first-order valence-electron chi connectivity index (χ1n) is 6.62. The SMILES string of the molecule is CC(C)(C)OC(=O)Nc1nc(C(N)=O)c(-c2ccccc2)s1. The number of anilines is 1. The van der Waals surface area contributed by atoms with Gasteiger partial charge < -0.3 is 10.5 Å². The van der Waals surface area contributed by atoms with E-state index in [2.05, 4.69) is 10.3 Å². The summed E-state index contributed by atoms with van der Waals surface area (Å²) < 4.78 is 5.16. The highest BCUT2D eigenvalue weighted by Gasteiger charge is 2.21. The maximum atomic E-state index is 11.8. The molecule has 1 aromatic heterocycles. The Morgan fingerprint density at radius 2 is 1.86 bits per heavy atom. The molecule has 0 spiro atoms. The van der Waals surface area contributed by atoms with Gasteiger partial charge in [0.25, 0.3) is 5.91 Å². The Labute approximate surface area is 132 Å². The van der Waals surface area contributed by atoms with Gasteiger partial charge in [0.05, 0.1) is 4.88 Å². The normalized spacial score (nSPS) is 11.0. The van der Waals surface area contributed by atoms with Crippen LogP contribution in [-0.2, 0) is 4.74 Å². The van der Waals surface area contributed by atoms with E-state index in [1.54, 1.807) is 20.8 Å². The van der Waals surface area contributed by atoms with Gasteiger partial charge in [-0.25, -0.2) is 9.78 Å². The zero-order valence-corrected chi connectivity index (χ0v) is 13.4. The molecule has 6 nitrogen and oxygen atoms in total. The summed E-state index contributed by atoms with van der Waals surface area (Å²) in [6, 6.07) is 9.25. The highest BCUT2D eigenvalue weighted by Crippen LogP contribution is 2.33. The van der Waals surface area contributed by atoms with E-state index < -0.39 is 17.6 Å². The first-order valence-corrected chi connectivity index (χ1v) is 7.44. The summed E-state index contributed by atoms with van der Waals surface area (Å²) in [6.07, 6.45) is -0.628. The van der Waals surface area contributed by atoms with Crippen LogP contribution in [0.15, 0.2) is 30.3 Å². The Bertz CT molecular complexity index is 690. The number of primary amides is 1. The first kappa shape index (κ1) is 16.0. The Morgan fingerprint density at radius 1 is 1.23 bits per heavy atom. The minimum atomic E-state index is -0.646. The van der Waals surface area contributed by atoms with E-state index in [0.29, 0.717) is 4.88 Å². The zero-order valence-electron chi connectivity index (χ0n) is 12.5. The maximum Gasteiger partial charge on any atom is 0.413 e. The van der Waals surface area contributed by atoms with Crippen LogP contribution in [0.4, 0.5) is 9.93 Å². The van der Waals surface area contributed by atoms with E-state index in [4.69, 9.17) is 10.5 Å². The molecule has 2 aromatic rings. The fraction of sp³-hybridized carbons (Fsp3) is 0.267. The minimum absolute atomic E-state index is 0.127. The van der Waals surface area contributed by atoms with Gasteiger partial charge in [-0.2, -0.15) is 0 Å². The second-order valence-electron chi connectivity index (χ2n) is 5.55. The molecule has 3 N–H and O–H groups in total. The molecule has 0 aliphatic carbocycles. The standard InChI is InChI=1S/C15H17N3O3S/c1-15(2,3)21-14(20)18-13-17-10(12(16)19)11(22-13)9-7-5-4-6-8-9/h4-8H,1-3H3,(H2,16,19)(H,17,18,20). The topological polar surface area (TPSA) is 94.3 Å². The fourth-order valence-electron chi connectivity index (χ4n) is 1.72. The lowest BCUT2D eigenvalue weighted by Gasteiger charge is -2.18. The van der Waals surface area contributed by atoms with E-state index >= 15 is 0 Å². The van der Waals surface area contributed by atoms with Gasteiger partial charge in [0.15, 0.2) is 5.13 Å². The summed E-state index contributed by atoms with van der Waals surface area (Å²) in [6.45, 7) is 5.29. The van der Waals surface area contributed by atoms with Crippen molar-refractivity contribution in [3.05, 3.63) is 36.0 Å². The predicted molar refractivity (Wildman–Crippen MR) is 85.9 cm³/mol. The molecule has 1 aromatic carbocycles. The Hall–Kier alpha value is -2.41. The number of aromatic nitrogens is 1. The second kappa shape index (κ2) is 6.15. The number of nitrogens with two attached hydrogens (primary N) is 1. The Balaban J connectivity index is 2.28. The summed E-state index contributed by atoms with van der Waals surface area (Å²) in [4.78, 5) is 28.0. The number of benzene rings is 1. The van der Waals surface area contributed by atoms with Gasteiger partial charge in [-0.05, 0) is 26.3 Å². The number of amides is 2. The molecule has 2 amide bonds. The molecule has 0 aliphatic rings. The summed E-state index contributed by atoms with van der Waals surface area (Å²) in [5, 5.41) is 2.79. The number of carbonyl (C=O) groups excluding carboxylic acids is 2. The van der Waals surface area contributed by atoms with Crippen molar-refractivity contribution in [3.63, 3.8) is 0 Å². The third-order valence-corrected chi connectivity index (χ3v) is 3.52. The molecule has 0 radical (unpaired) electrons. The zero-order chi connectivity index (χ0) is 16.3. The van der Waals surface area contributed by atoms with E-state index in [1.807, 2.05) is 30.3 Å². The van der Waals surface area contributed by atoms with Crippen LogP contribution in [0.1, 0.15) is 31.3 Å². The van der Waals surface area contributed by atoms with Crippen LogP contribution < -0.4 is 11.1 Å². The van der Waals surface area contributed by atoms with Crippen LogP contribution in [0, 0.1) is 0 Å². The lowest BCUT2D eigenvalue weighted by atomic mass is 10.1. The van der Waals surface area contributed by atoms with Crippen LogP contribution in [0.3, 0.4) is 0 Å². The van der Waals surface area contributed by atoms with Gasteiger partial charge in [-0.15, -0.1) is 0 Å². The first-order chi connectivity index (χ1) is 10.3. The maximum absolute atomic E-state index is 11.8. The van der Waals surface area contributed by atoms with E-state index in [-0.39, 0.29) is 10.8 Å². The summed E-state index contributed by atoms with van der Waals surface area (Å²) >= 11 is 1.17. The average molecular weight is 319 g/mol. The number of hydrogen-bond donors (Lipinski definition) is 2. The molecule has 116 valence electrons. The molecule has 2 rings (SSSR count). The predicted octanol–water partition coefficient (Wildman–Crippen LogP) is 3.26. The number of ether oxygens (including phenoxy) is 1.